The maximum atomic E-state index is 6.82. The molecule has 1 unspecified atom stereocenters. The largest absolute Gasteiger partial charge is 0.461 e. The SMILES string of the molecule is N=COC1NCc2ccccc21. The highest BCUT2D eigenvalue weighted by Gasteiger charge is 2.20. The zero-order valence-electron chi connectivity index (χ0n) is 6.58. The Bertz CT molecular complexity index is 298. The van der Waals surface area contributed by atoms with E-state index in [9.17, 15) is 0 Å². The normalized spacial score (nSPS) is 20.2. The third-order valence-electron chi connectivity index (χ3n) is 2.02. The number of hydrogen-bond acceptors (Lipinski definition) is 3. The Balaban J connectivity index is 2.29. The van der Waals surface area contributed by atoms with Gasteiger partial charge in [0.2, 0.25) is 0 Å². The van der Waals surface area contributed by atoms with Crippen molar-refractivity contribution in [3.63, 3.8) is 0 Å². The summed E-state index contributed by atoms with van der Waals surface area (Å²) in [6.07, 6.45) is 0.846. The van der Waals surface area contributed by atoms with Crippen LogP contribution in [-0.4, -0.2) is 6.40 Å². The average Bonchev–Trinajstić information content (AvgIpc) is 2.50. The second-order valence-corrected chi connectivity index (χ2v) is 2.71. The second kappa shape index (κ2) is 2.95. The molecule has 1 atom stereocenters. The first kappa shape index (κ1) is 7.31. The molecule has 1 aromatic carbocycles. The van der Waals surface area contributed by atoms with E-state index in [2.05, 4.69) is 11.4 Å². The van der Waals surface area contributed by atoms with Crippen LogP contribution < -0.4 is 5.32 Å². The van der Waals surface area contributed by atoms with Crippen LogP contribution in [0.15, 0.2) is 24.3 Å². The summed E-state index contributed by atoms with van der Waals surface area (Å²) in [6, 6.07) is 8.07. The Labute approximate surface area is 70.9 Å². The van der Waals surface area contributed by atoms with Gasteiger partial charge in [0.15, 0.2) is 12.6 Å². The van der Waals surface area contributed by atoms with Gasteiger partial charge in [0.1, 0.15) is 0 Å². The van der Waals surface area contributed by atoms with Crippen molar-refractivity contribution in [3.05, 3.63) is 35.4 Å². The predicted octanol–water partition coefficient (Wildman–Crippen LogP) is 1.41. The summed E-state index contributed by atoms with van der Waals surface area (Å²) in [7, 11) is 0. The molecule has 1 aliphatic heterocycles. The summed E-state index contributed by atoms with van der Waals surface area (Å²) in [5.74, 6) is 0. The van der Waals surface area contributed by atoms with Crippen LogP contribution >= 0.6 is 0 Å². The smallest absolute Gasteiger partial charge is 0.178 e. The van der Waals surface area contributed by atoms with Gasteiger partial charge in [0.05, 0.1) is 0 Å². The van der Waals surface area contributed by atoms with E-state index in [0.29, 0.717) is 0 Å². The first-order chi connectivity index (χ1) is 5.92. The van der Waals surface area contributed by atoms with Gasteiger partial charge < -0.3 is 4.74 Å². The summed E-state index contributed by atoms with van der Waals surface area (Å²) in [4.78, 5) is 0. The highest BCUT2D eigenvalue weighted by Crippen LogP contribution is 2.24. The van der Waals surface area contributed by atoms with Gasteiger partial charge in [-0.15, -0.1) is 0 Å². The van der Waals surface area contributed by atoms with Gasteiger partial charge in [-0.3, -0.25) is 10.7 Å². The molecule has 0 aliphatic carbocycles. The van der Waals surface area contributed by atoms with Crippen LogP contribution in [0.5, 0.6) is 0 Å². The lowest BCUT2D eigenvalue weighted by Crippen LogP contribution is -2.14. The van der Waals surface area contributed by atoms with E-state index in [1.54, 1.807) is 0 Å². The van der Waals surface area contributed by atoms with Crippen molar-refractivity contribution >= 4 is 6.40 Å². The molecule has 62 valence electrons. The molecule has 1 heterocycles. The van der Waals surface area contributed by atoms with E-state index in [1.165, 1.54) is 5.56 Å². The maximum Gasteiger partial charge on any atom is 0.178 e. The molecule has 0 spiro atoms. The maximum absolute atomic E-state index is 6.82. The minimum atomic E-state index is -0.126. The van der Waals surface area contributed by atoms with Gasteiger partial charge in [0, 0.05) is 12.1 Å². The van der Waals surface area contributed by atoms with Crippen molar-refractivity contribution in [2.24, 2.45) is 0 Å². The average molecular weight is 162 g/mol. The number of nitrogens with one attached hydrogen (secondary N) is 2. The van der Waals surface area contributed by atoms with Crippen LogP contribution in [0.25, 0.3) is 0 Å². The molecule has 0 saturated heterocycles. The fraction of sp³-hybridized carbons (Fsp3) is 0.222. The highest BCUT2D eigenvalue weighted by atomic mass is 16.5. The second-order valence-electron chi connectivity index (χ2n) is 2.71. The molecule has 0 fully saturated rings. The zero-order valence-corrected chi connectivity index (χ0v) is 6.58. The molecular weight excluding hydrogens is 152 g/mol. The quantitative estimate of drug-likeness (QED) is 0.510. The molecule has 0 radical (unpaired) electrons. The molecule has 2 rings (SSSR count). The Morgan fingerprint density at radius 3 is 3.17 bits per heavy atom. The molecule has 0 saturated carbocycles. The number of hydrogen-bond donors (Lipinski definition) is 2. The Hall–Kier alpha value is -1.35. The van der Waals surface area contributed by atoms with Gasteiger partial charge in [-0.05, 0) is 5.56 Å². The number of benzene rings is 1. The Morgan fingerprint density at radius 2 is 2.33 bits per heavy atom. The van der Waals surface area contributed by atoms with Crippen molar-refractivity contribution in [2.45, 2.75) is 12.8 Å². The lowest BCUT2D eigenvalue weighted by Gasteiger charge is -2.09. The first-order valence-electron chi connectivity index (χ1n) is 3.87. The van der Waals surface area contributed by atoms with E-state index in [4.69, 9.17) is 10.1 Å². The molecule has 2 N–H and O–H groups in total. The molecular formula is C9H10N2O. The van der Waals surface area contributed by atoms with Gasteiger partial charge >= 0.3 is 0 Å². The van der Waals surface area contributed by atoms with Crippen LogP contribution in [0.4, 0.5) is 0 Å². The van der Waals surface area contributed by atoms with Gasteiger partial charge in [-0.25, -0.2) is 0 Å². The summed E-state index contributed by atoms with van der Waals surface area (Å²) < 4.78 is 5.06. The lowest BCUT2D eigenvalue weighted by molar-refractivity contribution is 0.174. The molecule has 0 aromatic heterocycles. The van der Waals surface area contributed by atoms with E-state index in [0.717, 1.165) is 18.5 Å². The zero-order chi connectivity index (χ0) is 8.39. The van der Waals surface area contributed by atoms with Crippen LogP contribution in [0.3, 0.4) is 0 Å². The van der Waals surface area contributed by atoms with Crippen molar-refractivity contribution in [1.82, 2.24) is 5.32 Å². The molecule has 1 aromatic rings. The summed E-state index contributed by atoms with van der Waals surface area (Å²) >= 11 is 0. The number of fused-ring (bicyclic) bond motifs is 1. The van der Waals surface area contributed by atoms with Gasteiger partial charge in [-0.2, -0.15) is 0 Å². The van der Waals surface area contributed by atoms with Gasteiger partial charge in [-0.1, -0.05) is 24.3 Å². The van der Waals surface area contributed by atoms with Crippen molar-refractivity contribution in [1.29, 1.82) is 5.41 Å². The fourth-order valence-electron chi connectivity index (χ4n) is 1.45. The van der Waals surface area contributed by atoms with E-state index in [1.807, 2.05) is 18.2 Å². The monoisotopic (exact) mass is 162 g/mol. The van der Waals surface area contributed by atoms with Crippen LogP contribution in [0.2, 0.25) is 0 Å². The van der Waals surface area contributed by atoms with Crippen molar-refractivity contribution < 1.29 is 4.74 Å². The molecule has 3 nitrogen and oxygen atoms in total. The minimum absolute atomic E-state index is 0.126. The van der Waals surface area contributed by atoms with Crippen molar-refractivity contribution in [2.75, 3.05) is 0 Å². The van der Waals surface area contributed by atoms with E-state index >= 15 is 0 Å². The highest BCUT2D eigenvalue weighted by molar-refractivity contribution is 5.43. The fourth-order valence-corrected chi connectivity index (χ4v) is 1.45. The Kier molecular flexibility index (Phi) is 1.80. The van der Waals surface area contributed by atoms with Crippen LogP contribution in [0.1, 0.15) is 17.4 Å². The van der Waals surface area contributed by atoms with Crippen LogP contribution in [0, 0.1) is 5.41 Å². The third-order valence-corrected chi connectivity index (χ3v) is 2.02. The first-order valence-corrected chi connectivity index (χ1v) is 3.87. The summed E-state index contributed by atoms with van der Waals surface area (Å²) in [5.41, 5.74) is 2.39. The Morgan fingerprint density at radius 1 is 1.50 bits per heavy atom. The summed E-state index contributed by atoms with van der Waals surface area (Å²) in [5, 5.41) is 9.97. The standard InChI is InChI=1S/C9H10N2O/c10-6-12-9-8-4-2-1-3-7(8)5-11-9/h1-4,6,9-11H,5H2. The van der Waals surface area contributed by atoms with Gasteiger partial charge in [0.25, 0.3) is 0 Å². The molecule has 3 heteroatoms. The van der Waals surface area contributed by atoms with E-state index < -0.39 is 0 Å². The van der Waals surface area contributed by atoms with Crippen LogP contribution in [-0.2, 0) is 11.3 Å². The van der Waals surface area contributed by atoms with Crippen molar-refractivity contribution in [3.8, 4) is 0 Å². The lowest BCUT2D eigenvalue weighted by atomic mass is 10.1. The summed E-state index contributed by atoms with van der Waals surface area (Å²) in [6.45, 7) is 0.828. The molecule has 0 amide bonds. The molecule has 0 bridgehead atoms. The molecule has 12 heavy (non-hydrogen) atoms. The molecule has 1 aliphatic rings. The minimum Gasteiger partial charge on any atom is -0.461 e. The number of rotatable bonds is 2. The van der Waals surface area contributed by atoms with E-state index in [-0.39, 0.29) is 6.23 Å². The topological polar surface area (TPSA) is 45.1 Å². The number of ether oxygens (including phenoxy) is 1. The third kappa shape index (κ3) is 1.08. The predicted molar refractivity (Wildman–Crippen MR) is 45.9 cm³/mol.